The minimum atomic E-state index is -0.971. The Labute approximate surface area is 181 Å². The molecule has 2 aromatic rings. The van der Waals surface area contributed by atoms with E-state index in [0.717, 1.165) is 11.1 Å². The van der Waals surface area contributed by atoms with Gasteiger partial charge in [0.25, 0.3) is 0 Å². The molecule has 1 unspecified atom stereocenters. The van der Waals surface area contributed by atoms with Crippen molar-refractivity contribution in [1.29, 1.82) is 0 Å². The Morgan fingerprint density at radius 1 is 0.968 bits per heavy atom. The van der Waals surface area contributed by atoms with Crippen LogP contribution in [0.2, 0.25) is 0 Å². The molecule has 0 aliphatic heterocycles. The van der Waals surface area contributed by atoms with Gasteiger partial charge in [0.1, 0.15) is 29.7 Å². The second-order valence-corrected chi connectivity index (χ2v) is 7.76. The van der Waals surface area contributed by atoms with Crippen molar-refractivity contribution in [3.05, 3.63) is 59.7 Å². The highest BCUT2D eigenvalue weighted by Crippen LogP contribution is 2.16. The highest BCUT2D eigenvalue weighted by molar-refractivity contribution is 5.81. The molecular weight excluding hydrogens is 404 g/mol. The van der Waals surface area contributed by atoms with Crippen molar-refractivity contribution < 1.29 is 32.9 Å². The number of amides is 1. The Kier molecular flexibility index (Phi) is 8.66. The molecule has 0 heterocycles. The van der Waals surface area contributed by atoms with Crippen LogP contribution in [-0.4, -0.2) is 37.7 Å². The van der Waals surface area contributed by atoms with E-state index in [-0.39, 0.29) is 13.0 Å². The Bertz CT molecular complexity index is 846. The molecule has 0 aliphatic rings. The van der Waals surface area contributed by atoms with Crippen LogP contribution in [-0.2, 0) is 27.3 Å². The number of halogens is 1. The molecule has 1 N–H and O–H groups in total. The molecule has 31 heavy (non-hydrogen) atoms. The van der Waals surface area contributed by atoms with Crippen molar-refractivity contribution in [2.75, 3.05) is 14.0 Å². The van der Waals surface area contributed by atoms with Gasteiger partial charge in [-0.2, -0.15) is 0 Å². The number of alkyl halides is 1. The summed E-state index contributed by atoms with van der Waals surface area (Å²) in [6.07, 6.45) is -0.562. The first-order chi connectivity index (χ1) is 14.7. The fourth-order valence-corrected chi connectivity index (χ4v) is 2.64. The van der Waals surface area contributed by atoms with E-state index in [1.165, 1.54) is 0 Å². The number of methoxy groups -OCH3 is 1. The van der Waals surface area contributed by atoms with Gasteiger partial charge in [0.05, 0.1) is 7.11 Å². The highest BCUT2D eigenvalue weighted by Gasteiger charge is 2.26. The van der Waals surface area contributed by atoms with Crippen molar-refractivity contribution in [2.24, 2.45) is 0 Å². The van der Waals surface area contributed by atoms with Crippen LogP contribution in [0.4, 0.5) is 9.18 Å². The van der Waals surface area contributed by atoms with Crippen molar-refractivity contribution in [1.82, 2.24) is 5.32 Å². The summed E-state index contributed by atoms with van der Waals surface area (Å²) in [5.41, 5.74) is 0.791. The molecule has 0 radical (unpaired) electrons. The van der Waals surface area contributed by atoms with E-state index in [9.17, 15) is 14.0 Å². The number of rotatable bonds is 9. The molecule has 2 rings (SSSR count). The van der Waals surface area contributed by atoms with Crippen LogP contribution in [0, 0.1) is 0 Å². The number of carbonyl (C=O) groups is 2. The number of benzene rings is 2. The minimum Gasteiger partial charge on any atom is -0.497 e. The SMILES string of the molecule is COc1ccc(COC(=O)C(Cc2ccc(OC[18F])cc2)NC(=O)OC(C)(C)C)cc1. The van der Waals surface area contributed by atoms with Crippen molar-refractivity contribution in [2.45, 2.75) is 45.4 Å². The van der Waals surface area contributed by atoms with E-state index in [2.05, 4.69) is 5.32 Å². The van der Waals surface area contributed by atoms with Gasteiger partial charge in [-0.05, 0) is 56.2 Å². The second kappa shape index (κ2) is 11.2. The normalized spacial score (nSPS) is 11.9. The first-order valence-corrected chi connectivity index (χ1v) is 9.77. The fourth-order valence-electron chi connectivity index (χ4n) is 2.64. The lowest BCUT2D eigenvalue weighted by Gasteiger charge is -2.23. The number of ether oxygens (including phenoxy) is 4. The Morgan fingerprint density at radius 2 is 1.55 bits per heavy atom. The summed E-state index contributed by atoms with van der Waals surface area (Å²) in [6, 6.07) is 12.7. The molecular formula is C23H28FNO6. The van der Waals surface area contributed by atoms with Crippen LogP contribution in [0.3, 0.4) is 0 Å². The zero-order valence-electron chi connectivity index (χ0n) is 18.1. The first-order valence-electron chi connectivity index (χ1n) is 9.77. The number of hydrogen-bond donors (Lipinski definition) is 1. The van der Waals surface area contributed by atoms with Crippen molar-refractivity contribution in [3.8, 4) is 11.5 Å². The standard InChI is InChI=1S/C23H28FNO6/c1-23(2,3)31-22(27)25-20(13-16-5-11-19(12-6-16)30-15-24)21(26)29-14-17-7-9-18(28-4)10-8-17/h5-12,20H,13-15H2,1-4H3,(H,25,27)/i24-1. The number of nitrogens with one attached hydrogen (secondary N) is 1. The van der Waals surface area contributed by atoms with E-state index in [1.807, 2.05) is 0 Å². The summed E-state index contributed by atoms with van der Waals surface area (Å²) in [7, 11) is 1.57. The smallest absolute Gasteiger partial charge is 0.408 e. The van der Waals surface area contributed by atoms with Gasteiger partial charge in [-0.25, -0.2) is 14.0 Å². The minimum absolute atomic E-state index is 0.0403. The van der Waals surface area contributed by atoms with Gasteiger partial charge in [-0.3, -0.25) is 0 Å². The quantitative estimate of drug-likeness (QED) is 0.599. The number of hydrogen-bond acceptors (Lipinski definition) is 6. The average Bonchev–Trinajstić information content (AvgIpc) is 2.72. The van der Waals surface area contributed by atoms with Crippen molar-refractivity contribution in [3.63, 3.8) is 0 Å². The lowest BCUT2D eigenvalue weighted by atomic mass is 10.1. The molecule has 0 saturated carbocycles. The van der Waals surface area contributed by atoms with E-state index in [4.69, 9.17) is 18.9 Å². The summed E-state index contributed by atoms with van der Waals surface area (Å²) in [5.74, 6) is 0.454. The molecule has 2 aromatic carbocycles. The molecule has 0 aromatic heterocycles. The van der Waals surface area contributed by atoms with E-state index in [1.54, 1.807) is 76.4 Å². The monoisotopic (exact) mass is 432 g/mol. The van der Waals surface area contributed by atoms with Crippen molar-refractivity contribution >= 4 is 12.1 Å². The zero-order valence-corrected chi connectivity index (χ0v) is 18.1. The predicted octanol–water partition coefficient (Wildman–Crippen LogP) is 4.18. The van der Waals surface area contributed by atoms with Crippen LogP contribution in [0.5, 0.6) is 11.5 Å². The number of carbonyl (C=O) groups excluding carboxylic acids is 2. The molecule has 7 nitrogen and oxygen atoms in total. The molecule has 1 amide bonds. The Morgan fingerprint density at radius 3 is 2.10 bits per heavy atom. The maximum atomic E-state index is 12.7. The Hall–Kier alpha value is -3.29. The molecule has 0 saturated heterocycles. The van der Waals surface area contributed by atoms with Gasteiger partial charge >= 0.3 is 12.1 Å². The zero-order chi connectivity index (χ0) is 22.9. The number of alkyl carbamates (subject to hydrolysis) is 1. The molecule has 1 atom stereocenters. The van der Waals surface area contributed by atoms with Gasteiger partial charge in [0, 0.05) is 6.42 Å². The van der Waals surface area contributed by atoms with Gasteiger partial charge < -0.3 is 24.3 Å². The van der Waals surface area contributed by atoms with E-state index >= 15 is 0 Å². The third kappa shape index (κ3) is 8.54. The van der Waals surface area contributed by atoms with Gasteiger partial charge in [-0.15, -0.1) is 0 Å². The van der Waals surface area contributed by atoms with E-state index in [0.29, 0.717) is 11.5 Å². The van der Waals surface area contributed by atoms with E-state index < -0.39 is 30.6 Å². The lowest BCUT2D eigenvalue weighted by molar-refractivity contribution is -0.147. The van der Waals surface area contributed by atoms with Gasteiger partial charge in [0.2, 0.25) is 6.86 Å². The lowest BCUT2D eigenvalue weighted by Crippen LogP contribution is -2.45. The van der Waals surface area contributed by atoms with Crippen LogP contribution in [0.1, 0.15) is 31.9 Å². The second-order valence-electron chi connectivity index (χ2n) is 7.76. The van der Waals surface area contributed by atoms with Crippen LogP contribution in [0.15, 0.2) is 48.5 Å². The van der Waals surface area contributed by atoms with Crippen LogP contribution >= 0.6 is 0 Å². The molecule has 168 valence electrons. The predicted molar refractivity (Wildman–Crippen MR) is 113 cm³/mol. The molecule has 8 heteroatoms. The third-order valence-corrected chi connectivity index (χ3v) is 4.10. The van der Waals surface area contributed by atoms with Crippen LogP contribution in [0.25, 0.3) is 0 Å². The maximum Gasteiger partial charge on any atom is 0.408 e. The van der Waals surface area contributed by atoms with Gasteiger partial charge in [-0.1, -0.05) is 24.3 Å². The maximum absolute atomic E-state index is 12.7. The summed E-state index contributed by atoms with van der Waals surface area (Å²) in [6.45, 7) is 4.30. The summed E-state index contributed by atoms with van der Waals surface area (Å²) in [5, 5.41) is 2.57. The first kappa shape index (κ1) is 24.0. The Balaban J connectivity index is 2.07. The average molecular weight is 432 g/mol. The number of esters is 1. The topological polar surface area (TPSA) is 83.1 Å². The summed E-state index contributed by atoms with van der Waals surface area (Å²) < 4.78 is 32.8. The van der Waals surface area contributed by atoms with Gasteiger partial charge in [0.15, 0.2) is 0 Å². The molecule has 0 bridgehead atoms. The fraction of sp³-hybridized carbons (Fsp3) is 0.391. The largest absolute Gasteiger partial charge is 0.497 e. The van der Waals surface area contributed by atoms with Crippen LogP contribution < -0.4 is 14.8 Å². The highest BCUT2D eigenvalue weighted by atomic mass is 18.2. The molecule has 0 spiro atoms. The summed E-state index contributed by atoms with van der Waals surface area (Å²) in [4.78, 5) is 25.0. The molecule has 0 fully saturated rings. The summed E-state index contributed by atoms with van der Waals surface area (Å²) >= 11 is 0. The molecule has 0 aliphatic carbocycles. The third-order valence-electron chi connectivity index (χ3n) is 4.10.